The Morgan fingerprint density at radius 3 is 2.71 bits per heavy atom. The molecule has 4 rings (SSSR count). The highest BCUT2D eigenvalue weighted by atomic mass is 32.1. The molecule has 7 heteroatoms. The molecule has 0 atom stereocenters. The molecule has 0 unspecified atom stereocenters. The van der Waals surface area contributed by atoms with Gasteiger partial charge in [-0.15, -0.1) is 15.3 Å². The lowest BCUT2D eigenvalue weighted by atomic mass is 10.3. The van der Waals surface area contributed by atoms with Crippen LogP contribution < -0.4 is 10.1 Å². The fourth-order valence-corrected chi connectivity index (χ4v) is 3.01. The lowest BCUT2D eigenvalue weighted by Gasteiger charge is -2.08. The highest BCUT2D eigenvalue weighted by molar-refractivity contribution is 7.08. The molecular formula is C17H15N5OS. The zero-order valence-corrected chi connectivity index (χ0v) is 13.8. The highest BCUT2D eigenvalue weighted by Gasteiger charge is 2.10. The second kappa shape index (κ2) is 6.29. The van der Waals surface area contributed by atoms with Gasteiger partial charge in [-0.2, -0.15) is 15.9 Å². The summed E-state index contributed by atoms with van der Waals surface area (Å²) in [4.78, 5) is 0. The zero-order valence-electron chi connectivity index (χ0n) is 13.0. The van der Waals surface area contributed by atoms with E-state index in [1.54, 1.807) is 15.9 Å². The molecule has 0 radical (unpaired) electrons. The molecule has 0 amide bonds. The normalized spacial score (nSPS) is 10.9. The number of benzene rings is 1. The molecule has 0 aliphatic carbocycles. The summed E-state index contributed by atoms with van der Waals surface area (Å²) < 4.78 is 7.20. The van der Waals surface area contributed by atoms with E-state index in [1.807, 2.05) is 60.1 Å². The van der Waals surface area contributed by atoms with E-state index in [1.165, 1.54) is 0 Å². The van der Waals surface area contributed by atoms with Crippen LogP contribution in [-0.4, -0.2) is 26.4 Å². The van der Waals surface area contributed by atoms with Crippen molar-refractivity contribution < 1.29 is 4.74 Å². The minimum atomic E-state index is 0.657. The highest BCUT2D eigenvalue weighted by Crippen LogP contribution is 2.22. The maximum Gasteiger partial charge on any atom is 0.186 e. The van der Waals surface area contributed by atoms with Crippen molar-refractivity contribution in [1.29, 1.82) is 0 Å². The first-order valence-electron chi connectivity index (χ1n) is 7.58. The van der Waals surface area contributed by atoms with E-state index in [4.69, 9.17) is 4.74 Å². The summed E-state index contributed by atoms with van der Waals surface area (Å²) in [6.45, 7) is 2.62. The molecule has 4 aromatic rings. The van der Waals surface area contributed by atoms with Crippen LogP contribution >= 0.6 is 11.3 Å². The van der Waals surface area contributed by atoms with E-state index in [-0.39, 0.29) is 0 Å². The van der Waals surface area contributed by atoms with Gasteiger partial charge in [0.25, 0.3) is 0 Å². The van der Waals surface area contributed by atoms with Gasteiger partial charge in [-0.25, -0.2) is 0 Å². The fraction of sp³-hybridized carbons (Fsp3) is 0.118. The van der Waals surface area contributed by atoms with Crippen molar-refractivity contribution in [3.8, 4) is 17.1 Å². The minimum Gasteiger partial charge on any atom is -0.494 e. The van der Waals surface area contributed by atoms with Crippen LogP contribution in [0.3, 0.4) is 0 Å². The summed E-state index contributed by atoms with van der Waals surface area (Å²) in [6.07, 6.45) is 0. The molecule has 6 nitrogen and oxygen atoms in total. The Bertz CT molecular complexity index is 947. The summed E-state index contributed by atoms with van der Waals surface area (Å²) in [6, 6.07) is 13.6. The van der Waals surface area contributed by atoms with Crippen LogP contribution in [0, 0.1) is 0 Å². The van der Waals surface area contributed by atoms with Gasteiger partial charge in [0.05, 0.1) is 6.61 Å². The smallest absolute Gasteiger partial charge is 0.186 e. The molecule has 3 aromatic heterocycles. The molecule has 0 fully saturated rings. The average Bonchev–Trinajstić information content (AvgIpc) is 3.25. The first kappa shape index (κ1) is 14.6. The molecule has 0 bridgehead atoms. The summed E-state index contributed by atoms with van der Waals surface area (Å²) >= 11 is 1.62. The van der Waals surface area contributed by atoms with Crippen molar-refractivity contribution in [2.45, 2.75) is 6.92 Å². The van der Waals surface area contributed by atoms with Crippen LogP contribution in [0.4, 0.5) is 11.5 Å². The predicted molar refractivity (Wildman–Crippen MR) is 95.0 cm³/mol. The van der Waals surface area contributed by atoms with Crippen molar-refractivity contribution in [1.82, 2.24) is 19.8 Å². The number of nitrogens with zero attached hydrogens (tertiary/aromatic N) is 4. The Kier molecular flexibility index (Phi) is 3.84. The van der Waals surface area contributed by atoms with Crippen molar-refractivity contribution in [2.75, 3.05) is 11.9 Å². The molecule has 0 aliphatic heterocycles. The number of aromatic nitrogens is 4. The van der Waals surface area contributed by atoms with Crippen LogP contribution in [0.1, 0.15) is 6.92 Å². The van der Waals surface area contributed by atoms with Crippen LogP contribution in [0.5, 0.6) is 5.75 Å². The Labute approximate surface area is 142 Å². The summed E-state index contributed by atoms with van der Waals surface area (Å²) in [5, 5.41) is 20.3. The topological polar surface area (TPSA) is 64.3 Å². The summed E-state index contributed by atoms with van der Waals surface area (Å²) in [5.74, 6) is 2.31. The van der Waals surface area contributed by atoms with Crippen LogP contribution in [0.25, 0.3) is 17.0 Å². The molecular weight excluding hydrogens is 322 g/mol. The molecule has 0 saturated heterocycles. The SMILES string of the molecule is CCOc1ccc(Nc2ccc3nnc(-c4ccsc4)n3n2)cc1. The fourth-order valence-electron chi connectivity index (χ4n) is 2.38. The first-order valence-corrected chi connectivity index (χ1v) is 8.52. The van der Waals surface area contributed by atoms with E-state index < -0.39 is 0 Å². The Balaban J connectivity index is 1.63. The Morgan fingerprint density at radius 1 is 1.08 bits per heavy atom. The van der Waals surface area contributed by atoms with E-state index in [9.17, 15) is 0 Å². The third-order valence-electron chi connectivity index (χ3n) is 3.48. The van der Waals surface area contributed by atoms with Crippen LogP contribution in [-0.2, 0) is 0 Å². The quantitative estimate of drug-likeness (QED) is 0.596. The number of hydrogen-bond donors (Lipinski definition) is 1. The second-order valence-electron chi connectivity index (χ2n) is 5.11. The number of rotatable bonds is 5. The number of hydrogen-bond acceptors (Lipinski definition) is 6. The number of thiophene rings is 1. The summed E-state index contributed by atoms with van der Waals surface area (Å²) in [5.41, 5.74) is 2.67. The third-order valence-corrected chi connectivity index (χ3v) is 4.16. The van der Waals surface area contributed by atoms with E-state index in [2.05, 4.69) is 20.6 Å². The monoisotopic (exact) mass is 337 g/mol. The van der Waals surface area contributed by atoms with Crippen molar-refractivity contribution in [3.63, 3.8) is 0 Å². The van der Waals surface area contributed by atoms with Crippen LogP contribution in [0.2, 0.25) is 0 Å². The zero-order chi connectivity index (χ0) is 16.4. The van der Waals surface area contributed by atoms with Gasteiger partial charge in [0.2, 0.25) is 0 Å². The third kappa shape index (κ3) is 2.81. The van der Waals surface area contributed by atoms with Gasteiger partial charge in [-0.1, -0.05) is 0 Å². The van der Waals surface area contributed by atoms with Crippen molar-refractivity contribution in [2.24, 2.45) is 0 Å². The predicted octanol–water partition coefficient (Wildman–Crippen LogP) is 4.00. The molecule has 0 saturated carbocycles. The lowest BCUT2D eigenvalue weighted by molar-refractivity contribution is 0.340. The van der Waals surface area contributed by atoms with Gasteiger partial charge in [0.15, 0.2) is 17.3 Å². The number of fused-ring (bicyclic) bond motifs is 1. The number of anilines is 2. The molecule has 3 heterocycles. The largest absolute Gasteiger partial charge is 0.494 e. The van der Waals surface area contributed by atoms with Gasteiger partial charge in [-0.3, -0.25) is 0 Å². The van der Waals surface area contributed by atoms with Gasteiger partial charge >= 0.3 is 0 Å². The van der Waals surface area contributed by atoms with Crippen molar-refractivity contribution >= 4 is 28.5 Å². The lowest BCUT2D eigenvalue weighted by Crippen LogP contribution is -2.00. The second-order valence-corrected chi connectivity index (χ2v) is 5.89. The molecule has 1 aromatic carbocycles. The van der Waals surface area contributed by atoms with Crippen LogP contribution in [0.15, 0.2) is 53.2 Å². The molecule has 1 N–H and O–H groups in total. The number of nitrogens with one attached hydrogen (secondary N) is 1. The molecule has 120 valence electrons. The average molecular weight is 337 g/mol. The van der Waals surface area contributed by atoms with Gasteiger partial charge in [0.1, 0.15) is 5.75 Å². The number of ether oxygens (including phenoxy) is 1. The van der Waals surface area contributed by atoms with E-state index in [0.29, 0.717) is 12.3 Å². The van der Waals surface area contributed by atoms with Gasteiger partial charge in [-0.05, 0) is 54.8 Å². The van der Waals surface area contributed by atoms with Crippen molar-refractivity contribution in [3.05, 3.63) is 53.2 Å². The van der Waals surface area contributed by atoms with E-state index >= 15 is 0 Å². The summed E-state index contributed by atoms with van der Waals surface area (Å²) in [7, 11) is 0. The van der Waals surface area contributed by atoms with Gasteiger partial charge < -0.3 is 10.1 Å². The molecule has 0 spiro atoms. The molecule has 24 heavy (non-hydrogen) atoms. The maximum absolute atomic E-state index is 5.45. The van der Waals surface area contributed by atoms with Gasteiger partial charge in [0, 0.05) is 16.6 Å². The maximum atomic E-state index is 5.45. The standard InChI is InChI=1S/C17H15N5OS/c1-2-23-14-5-3-13(4-6-14)18-15-7-8-16-19-20-17(22(16)21-15)12-9-10-24-11-12/h3-11H,2H2,1H3,(H,18,21). The van der Waals surface area contributed by atoms with E-state index in [0.717, 1.165) is 28.6 Å². The molecule has 0 aliphatic rings. The Morgan fingerprint density at radius 2 is 1.96 bits per heavy atom. The minimum absolute atomic E-state index is 0.657. The Hall–Kier alpha value is -2.93. The first-order chi connectivity index (χ1) is 11.8.